The highest BCUT2D eigenvalue weighted by molar-refractivity contribution is 5.63. The summed E-state index contributed by atoms with van der Waals surface area (Å²) in [5, 5.41) is 0. The van der Waals surface area contributed by atoms with Crippen LogP contribution in [0.1, 0.15) is 0 Å². The van der Waals surface area contributed by atoms with Crippen molar-refractivity contribution < 1.29 is 0 Å². The van der Waals surface area contributed by atoms with Crippen molar-refractivity contribution in [2.75, 3.05) is 0 Å². The summed E-state index contributed by atoms with van der Waals surface area (Å²) < 4.78 is 0. The van der Waals surface area contributed by atoms with Crippen LogP contribution in [0.2, 0.25) is 0 Å². The molecule has 0 aliphatic heterocycles. The van der Waals surface area contributed by atoms with E-state index in [2.05, 4.69) is 19.9 Å². The molecule has 10 heavy (non-hydrogen) atoms. The smallest absolute Gasteiger partial charge is 0.289 e. The van der Waals surface area contributed by atoms with Crippen molar-refractivity contribution in [1.82, 2.24) is 19.9 Å². The van der Waals surface area contributed by atoms with E-state index in [1.165, 1.54) is 12.4 Å². The molecule has 0 aliphatic rings. The molecule has 2 rings (SSSR count). The molecule has 2 aromatic rings. The van der Waals surface area contributed by atoms with Crippen LogP contribution in [0.15, 0.2) is 17.2 Å². The van der Waals surface area contributed by atoms with Gasteiger partial charge in [0.25, 0.3) is 0 Å². The Balaban J connectivity index is 3.01. The first-order valence-electron chi connectivity index (χ1n) is 2.75. The number of hydrogen-bond acceptors (Lipinski definition) is 3. The van der Waals surface area contributed by atoms with Crippen molar-refractivity contribution in [1.29, 1.82) is 0 Å². The number of nitrogens with zero attached hydrogens (tertiary/aromatic N) is 2. The number of aromatic nitrogens is 4. The summed E-state index contributed by atoms with van der Waals surface area (Å²) in [7, 11) is 0. The van der Waals surface area contributed by atoms with Crippen LogP contribution >= 0.6 is 0 Å². The fourth-order valence-electron chi connectivity index (χ4n) is 0.767. The molecule has 0 saturated carbocycles. The Kier molecular flexibility index (Phi) is 0.858. The number of nitrogens with one attached hydrogen (secondary N) is 2. The summed E-state index contributed by atoms with van der Waals surface area (Å²) in [5.74, 6) is 0. The first-order valence-corrected chi connectivity index (χ1v) is 2.75. The van der Waals surface area contributed by atoms with Gasteiger partial charge in [0, 0.05) is 12.4 Å². The first-order chi connectivity index (χ1) is 4.86. The number of fused-ring (bicyclic) bond motifs is 1. The Morgan fingerprint density at radius 2 is 1.60 bits per heavy atom. The van der Waals surface area contributed by atoms with E-state index in [0.29, 0.717) is 11.3 Å². The van der Waals surface area contributed by atoms with Gasteiger partial charge in [-0.15, -0.1) is 0 Å². The van der Waals surface area contributed by atoms with E-state index < -0.39 is 0 Å². The summed E-state index contributed by atoms with van der Waals surface area (Å²) in [5.41, 5.74) is 0.709. The standard InChI is InChI=1S/C5H4N4O/c10-5-8-3-4(9-5)7-2-1-6-3/h1-2H,(H2,6,7,8,9,10). The van der Waals surface area contributed by atoms with Crippen molar-refractivity contribution >= 4 is 11.3 Å². The normalized spacial score (nSPS) is 10.4. The Bertz CT molecular complexity index is 365. The van der Waals surface area contributed by atoms with Crippen molar-refractivity contribution in [2.24, 2.45) is 0 Å². The summed E-state index contributed by atoms with van der Waals surface area (Å²) >= 11 is 0. The second-order valence-corrected chi connectivity index (χ2v) is 1.83. The molecule has 0 atom stereocenters. The molecule has 0 aliphatic carbocycles. The van der Waals surface area contributed by atoms with Crippen molar-refractivity contribution in [3.05, 3.63) is 22.9 Å². The number of aromatic amines is 2. The Morgan fingerprint density at radius 3 is 2.10 bits per heavy atom. The minimum absolute atomic E-state index is 0.277. The molecule has 0 fully saturated rings. The van der Waals surface area contributed by atoms with E-state index in [9.17, 15) is 4.79 Å². The van der Waals surface area contributed by atoms with E-state index in [0.717, 1.165) is 0 Å². The zero-order chi connectivity index (χ0) is 6.97. The summed E-state index contributed by atoms with van der Waals surface area (Å²) in [4.78, 5) is 23.3. The van der Waals surface area contributed by atoms with E-state index in [1.807, 2.05) is 0 Å². The van der Waals surface area contributed by atoms with Crippen LogP contribution in [0.4, 0.5) is 0 Å². The topological polar surface area (TPSA) is 74.4 Å². The number of H-pyrrole nitrogens is 2. The van der Waals surface area contributed by atoms with Crippen LogP contribution in [0.5, 0.6) is 0 Å². The minimum Gasteiger partial charge on any atom is -0.289 e. The Labute approximate surface area is 55.1 Å². The van der Waals surface area contributed by atoms with Crippen LogP contribution in [0, 0.1) is 0 Å². The van der Waals surface area contributed by atoms with Crippen LogP contribution in [-0.2, 0) is 0 Å². The monoisotopic (exact) mass is 136 g/mol. The van der Waals surface area contributed by atoms with Crippen molar-refractivity contribution in [3.63, 3.8) is 0 Å². The van der Waals surface area contributed by atoms with Crippen LogP contribution in [0.3, 0.4) is 0 Å². The third kappa shape index (κ3) is 0.604. The number of rotatable bonds is 0. The van der Waals surface area contributed by atoms with E-state index >= 15 is 0 Å². The zero-order valence-electron chi connectivity index (χ0n) is 4.96. The fraction of sp³-hybridized carbons (Fsp3) is 0. The molecule has 2 heterocycles. The van der Waals surface area contributed by atoms with Gasteiger partial charge in [0.2, 0.25) is 0 Å². The molecule has 2 N–H and O–H groups in total. The predicted molar refractivity (Wildman–Crippen MR) is 34.5 cm³/mol. The first kappa shape index (κ1) is 5.16. The van der Waals surface area contributed by atoms with Gasteiger partial charge in [0.1, 0.15) is 0 Å². The molecule has 0 saturated heterocycles. The molecular weight excluding hydrogens is 132 g/mol. The maximum Gasteiger partial charge on any atom is 0.326 e. The molecule has 0 aromatic carbocycles. The maximum absolute atomic E-state index is 10.6. The lowest BCUT2D eigenvalue weighted by atomic mass is 10.7. The molecule has 0 unspecified atom stereocenters. The summed E-state index contributed by atoms with van der Waals surface area (Å²) in [6.45, 7) is 0. The quantitative estimate of drug-likeness (QED) is 0.519. The van der Waals surface area contributed by atoms with Gasteiger partial charge in [-0.05, 0) is 0 Å². The Hall–Kier alpha value is -1.65. The van der Waals surface area contributed by atoms with Gasteiger partial charge in [-0.25, -0.2) is 14.8 Å². The lowest BCUT2D eigenvalue weighted by Crippen LogP contribution is -1.99. The van der Waals surface area contributed by atoms with Crippen LogP contribution in [-0.4, -0.2) is 19.9 Å². The minimum atomic E-state index is -0.277. The van der Waals surface area contributed by atoms with Gasteiger partial charge in [0.05, 0.1) is 0 Å². The van der Waals surface area contributed by atoms with Crippen LogP contribution < -0.4 is 5.69 Å². The third-order valence-corrected chi connectivity index (χ3v) is 1.16. The van der Waals surface area contributed by atoms with Gasteiger partial charge >= 0.3 is 5.69 Å². The van der Waals surface area contributed by atoms with Gasteiger partial charge < -0.3 is 0 Å². The summed E-state index contributed by atoms with van der Waals surface area (Å²) in [6.07, 6.45) is 3.04. The maximum atomic E-state index is 10.6. The molecule has 50 valence electrons. The van der Waals surface area contributed by atoms with Gasteiger partial charge in [-0.1, -0.05) is 0 Å². The van der Waals surface area contributed by atoms with Gasteiger partial charge in [0.15, 0.2) is 11.3 Å². The van der Waals surface area contributed by atoms with Gasteiger partial charge in [-0.3, -0.25) is 9.97 Å². The highest BCUT2D eigenvalue weighted by Gasteiger charge is 1.95. The molecule has 0 radical (unpaired) electrons. The average Bonchev–Trinajstić information content (AvgIpc) is 2.27. The second-order valence-electron chi connectivity index (χ2n) is 1.83. The molecular formula is C5H4N4O. The van der Waals surface area contributed by atoms with E-state index in [1.54, 1.807) is 0 Å². The molecule has 5 heteroatoms. The predicted octanol–water partition coefficient (Wildman–Crippen LogP) is -0.354. The van der Waals surface area contributed by atoms with Crippen LogP contribution in [0.25, 0.3) is 11.3 Å². The second kappa shape index (κ2) is 1.66. The molecule has 0 amide bonds. The highest BCUT2D eigenvalue weighted by atomic mass is 16.1. The molecule has 0 spiro atoms. The van der Waals surface area contributed by atoms with Crippen molar-refractivity contribution in [3.8, 4) is 0 Å². The molecule has 5 nitrogen and oxygen atoms in total. The average molecular weight is 136 g/mol. The lowest BCUT2D eigenvalue weighted by molar-refractivity contribution is 1.20. The van der Waals surface area contributed by atoms with E-state index in [-0.39, 0.29) is 5.69 Å². The lowest BCUT2D eigenvalue weighted by Gasteiger charge is -1.80. The van der Waals surface area contributed by atoms with Crippen molar-refractivity contribution in [2.45, 2.75) is 0 Å². The third-order valence-electron chi connectivity index (χ3n) is 1.16. The van der Waals surface area contributed by atoms with Gasteiger partial charge in [-0.2, -0.15) is 0 Å². The zero-order valence-corrected chi connectivity index (χ0v) is 4.96. The highest BCUT2D eigenvalue weighted by Crippen LogP contribution is 1.93. The summed E-state index contributed by atoms with van der Waals surface area (Å²) in [6, 6.07) is 0. The SMILES string of the molecule is O=c1[nH]c2nccnc2[nH]1. The number of imidazole rings is 1. The largest absolute Gasteiger partial charge is 0.326 e. The van der Waals surface area contributed by atoms with E-state index in [4.69, 9.17) is 0 Å². The molecule has 0 bridgehead atoms. The number of hydrogen-bond donors (Lipinski definition) is 2. The fourth-order valence-corrected chi connectivity index (χ4v) is 0.767. The Morgan fingerprint density at radius 1 is 1.10 bits per heavy atom. The molecule has 2 aromatic heterocycles.